The Morgan fingerprint density at radius 3 is 2.64 bits per heavy atom. The van der Waals surface area contributed by atoms with Gasteiger partial charge in [0.05, 0.1) is 5.69 Å². The molecule has 1 atom stereocenters. The predicted molar refractivity (Wildman–Crippen MR) is 56.8 cm³/mol. The average molecular weight is 190 g/mol. The van der Waals surface area contributed by atoms with Crippen molar-refractivity contribution in [1.82, 2.24) is 9.97 Å². The van der Waals surface area contributed by atoms with Gasteiger partial charge >= 0.3 is 0 Å². The first kappa shape index (κ1) is 9.12. The number of nitrogens with zero attached hydrogens (tertiary/aromatic N) is 3. The Kier molecular flexibility index (Phi) is 1.80. The summed E-state index contributed by atoms with van der Waals surface area (Å²) < 4.78 is 0. The quantitative estimate of drug-likeness (QED) is 0.679. The van der Waals surface area contributed by atoms with Crippen LogP contribution in [0.1, 0.15) is 32.4 Å². The molecule has 0 aromatic carbocycles. The molecule has 4 nitrogen and oxygen atoms in total. The Morgan fingerprint density at radius 1 is 1.29 bits per heavy atom. The van der Waals surface area contributed by atoms with Gasteiger partial charge in [0.1, 0.15) is 12.0 Å². The number of nitrogen functional groups attached to an aromatic ring is 1. The van der Waals surface area contributed by atoms with Crippen LogP contribution in [0.2, 0.25) is 0 Å². The van der Waals surface area contributed by atoms with E-state index in [-0.39, 0.29) is 11.3 Å². The molecule has 1 unspecified atom stereocenters. The third-order valence-electron chi connectivity index (χ3n) is 2.46. The lowest BCUT2D eigenvalue weighted by atomic mass is 9.80. The van der Waals surface area contributed by atoms with Crippen molar-refractivity contribution in [2.75, 3.05) is 5.73 Å². The molecule has 0 fully saturated rings. The minimum absolute atomic E-state index is 0.121. The molecule has 14 heavy (non-hydrogen) atoms. The maximum Gasteiger partial charge on any atom is 0.153 e. The highest BCUT2D eigenvalue weighted by Gasteiger charge is 2.32. The van der Waals surface area contributed by atoms with Crippen LogP contribution in [0.25, 0.3) is 0 Å². The number of nitrogens with two attached hydrogens (primary N) is 1. The highest BCUT2D eigenvalue weighted by molar-refractivity contribution is 5.84. The van der Waals surface area contributed by atoms with E-state index in [0.29, 0.717) is 5.82 Å². The van der Waals surface area contributed by atoms with Gasteiger partial charge in [-0.2, -0.15) is 0 Å². The molecule has 1 aliphatic heterocycles. The van der Waals surface area contributed by atoms with E-state index in [1.165, 1.54) is 6.33 Å². The summed E-state index contributed by atoms with van der Waals surface area (Å²) in [5.74, 6) is 0.709. The van der Waals surface area contributed by atoms with Crippen molar-refractivity contribution in [3.05, 3.63) is 12.0 Å². The lowest BCUT2D eigenvalue weighted by Crippen LogP contribution is -2.18. The van der Waals surface area contributed by atoms with E-state index in [2.05, 4.69) is 35.7 Å². The third-order valence-corrected chi connectivity index (χ3v) is 2.46. The van der Waals surface area contributed by atoms with Crippen LogP contribution < -0.4 is 5.73 Å². The highest BCUT2D eigenvalue weighted by Crippen LogP contribution is 2.42. The average Bonchev–Trinajstić information content (AvgIpc) is 2.47. The molecule has 0 radical (unpaired) electrons. The molecule has 2 rings (SSSR count). The van der Waals surface area contributed by atoms with Crippen LogP contribution in [0.3, 0.4) is 0 Å². The van der Waals surface area contributed by atoms with Crippen molar-refractivity contribution in [1.29, 1.82) is 0 Å². The van der Waals surface area contributed by atoms with Crippen LogP contribution in [0.4, 0.5) is 11.5 Å². The summed E-state index contributed by atoms with van der Waals surface area (Å²) >= 11 is 0. The Bertz CT molecular complexity index is 390. The predicted octanol–water partition coefficient (Wildman–Crippen LogP) is 1.90. The SMILES string of the molecule is CC(C)(C)C1C=Nc2c(N)ncnc21. The molecule has 1 aromatic rings. The standard InChI is InChI=1S/C10H14N4/c1-10(2,3)6-4-12-8-7(6)13-5-14-9(8)11/h4-6H,1-3H3,(H2,11,13,14). The first-order valence-electron chi connectivity index (χ1n) is 4.64. The van der Waals surface area contributed by atoms with Crippen molar-refractivity contribution >= 4 is 17.7 Å². The third kappa shape index (κ3) is 1.27. The van der Waals surface area contributed by atoms with E-state index in [1.54, 1.807) is 0 Å². The van der Waals surface area contributed by atoms with Gasteiger partial charge < -0.3 is 5.73 Å². The Hall–Kier alpha value is -1.45. The van der Waals surface area contributed by atoms with Crippen LogP contribution in [-0.4, -0.2) is 16.2 Å². The normalized spacial score (nSPS) is 19.8. The number of rotatable bonds is 0. The van der Waals surface area contributed by atoms with E-state index in [1.807, 2.05) is 6.21 Å². The fourth-order valence-corrected chi connectivity index (χ4v) is 1.62. The van der Waals surface area contributed by atoms with Gasteiger partial charge in [-0.3, -0.25) is 4.99 Å². The molecule has 1 aromatic heterocycles. The van der Waals surface area contributed by atoms with Crippen molar-refractivity contribution < 1.29 is 0 Å². The first-order chi connectivity index (χ1) is 6.50. The summed E-state index contributed by atoms with van der Waals surface area (Å²) in [6.45, 7) is 6.49. The molecule has 2 N–H and O–H groups in total. The molecule has 2 heterocycles. The van der Waals surface area contributed by atoms with Gasteiger partial charge in [-0.15, -0.1) is 0 Å². The van der Waals surface area contributed by atoms with Gasteiger partial charge in [-0.1, -0.05) is 20.8 Å². The molecule has 0 saturated carbocycles. The smallest absolute Gasteiger partial charge is 0.153 e. The Labute approximate surface area is 83.3 Å². The molecule has 0 bridgehead atoms. The summed E-state index contributed by atoms with van der Waals surface area (Å²) in [4.78, 5) is 12.4. The van der Waals surface area contributed by atoms with Crippen LogP contribution in [0.5, 0.6) is 0 Å². The van der Waals surface area contributed by atoms with Gasteiger partial charge in [0.2, 0.25) is 0 Å². The maximum absolute atomic E-state index is 5.71. The molecular formula is C10H14N4. The number of hydrogen-bond donors (Lipinski definition) is 1. The number of fused-ring (bicyclic) bond motifs is 1. The summed E-state index contributed by atoms with van der Waals surface area (Å²) in [5, 5.41) is 0. The molecular weight excluding hydrogens is 176 g/mol. The number of hydrogen-bond acceptors (Lipinski definition) is 4. The van der Waals surface area contributed by atoms with Gasteiger partial charge in [0.15, 0.2) is 5.82 Å². The lowest BCUT2D eigenvalue weighted by molar-refractivity contribution is 0.385. The molecule has 0 spiro atoms. The zero-order chi connectivity index (χ0) is 10.3. The van der Waals surface area contributed by atoms with Crippen LogP contribution in [0, 0.1) is 5.41 Å². The monoisotopic (exact) mass is 190 g/mol. The minimum Gasteiger partial charge on any atom is -0.382 e. The molecule has 4 heteroatoms. The minimum atomic E-state index is 0.121. The maximum atomic E-state index is 5.71. The van der Waals surface area contributed by atoms with Crippen molar-refractivity contribution in [2.24, 2.45) is 10.4 Å². The molecule has 0 amide bonds. The summed E-state index contributed by atoms with van der Waals surface area (Å²) in [6, 6.07) is 0. The largest absolute Gasteiger partial charge is 0.382 e. The van der Waals surface area contributed by atoms with Crippen LogP contribution in [-0.2, 0) is 0 Å². The molecule has 0 aliphatic carbocycles. The zero-order valence-corrected chi connectivity index (χ0v) is 8.65. The van der Waals surface area contributed by atoms with E-state index in [0.717, 1.165) is 11.4 Å². The summed E-state index contributed by atoms with van der Waals surface area (Å²) in [7, 11) is 0. The van der Waals surface area contributed by atoms with Crippen molar-refractivity contribution in [3.8, 4) is 0 Å². The van der Waals surface area contributed by atoms with Gasteiger partial charge in [-0.25, -0.2) is 9.97 Å². The highest BCUT2D eigenvalue weighted by atomic mass is 15.0. The van der Waals surface area contributed by atoms with Crippen molar-refractivity contribution in [2.45, 2.75) is 26.7 Å². The topological polar surface area (TPSA) is 64.2 Å². The molecule has 0 saturated heterocycles. The van der Waals surface area contributed by atoms with Crippen LogP contribution in [0.15, 0.2) is 11.3 Å². The fourth-order valence-electron chi connectivity index (χ4n) is 1.62. The van der Waals surface area contributed by atoms with Gasteiger partial charge in [-0.05, 0) is 5.41 Å². The van der Waals surface area contributed by atoms with Gasteiger partial charge in [0, 0.05) is 12.1 Å². The lowest BCUT2D eigenvalue weighted by Gasteiger charge is -2.24. The second kappa shape index (κ2) is 2.77. The molecule has 1 aliphatic rings. The van der Waals surface area contributed by atoms with Crippen LogP contribution >= 0.6 is 0 Å². The van der Waals surface area contributed by atoms with E-state index >= 15 is 0 Å². The fraction of sp³-hybridized carbons (Fsp3) is 0.500. The Morgan fingerprint density at radius 2 is 2.00 bits per heavy atom. The second-order valence-corrected chi connectivity index (χ2v) is 4.61. The Balaban J connectivity index is 2.51. The van der Waals surface area contributed by atoms with E-state index in [9.17, 15) is 0 Å². The number of anilines is 1. The molecule has 74 valence electrons. The second-order valence-electron chi connectivity index (χ2n) is 4.61. The zero-order valence-electron chi connectivity index (χ0n) is 8.65. The summed E-state index contributed by atoms with van der Waals surface area (Å²) in [5.41, 5.74) is 7.53. The number of aliphatic imine (C=N–C) groups is 1. The summed E-state index contributed by atoms with van der Waals surface area (Å²) in [6.07, 6.45) is 3.41. The first-order valence-corrected chi connectivity index (χ1v) is 4.64. The van der Waals surface area contributed by atoms with E-state index < -0.39 is 0 Å². The van der Waals surface area contributed by atoms with Gasteiger partial charge in [0.25, 0.3) is 0 Å². The van der Waals surface area contributed by atoms with E-state index in [4.69, 9.17) is 5.73 Å². The number of aromatic nitrogens is 2. The van der Waals surface area contributed by atoms with Crippen molar-refractivity contribution in [3.63, 3.8) is 0 Å².